The Morgan fingerprint density at radius 2 is 2.24 bits per heavy atom. The summed E-state index contributed by atoms with van der Waals surface area (Å²) in [5.74, 6) is 0.0743. The van der Waals surface area contributed by atoms with Crippen LogP contribution in [0.1, 0.15) is 5.56 Å². The van der Waals surface area contributed by atoms with E-state index in [4.69, 9.17) is 4.74 Å². The molecule has 8 heteroatoms. The van der Waals surface area contributed by atoms with E-state index in [0.717, 1.165) is 5.56 Å². The van der Waals surface area contributed by atoms with Crippen LogP contribution in [0.3, 0.4) is 0 Å². The zero-order valence-corrected chi connectivity index (χ0v) is 9.81. The second kappa shape index (κ2) is 4.50. The maximum atomic E-state index is 11.1. The summed E-state index contributed by atoms with van der Waals surface area (Å²) in [6.45, 7) is 0.393. The lowest BCUT2D eigenvalue weighted by Gasteiger charge is -2.05. The first kappa shape index (κ1) is 11.5. The summed E-state index contributed by atoms with van der Waals surface area (Å²) in [5.41, 5.74) is 0.898. The van der Waals surface area contributed by atoms with Gasteiger partial charge in [-0.1, -0.05) is 6.07 Å². The van der Waals surface area contributed by atoms with Crippen molar-refractivity contribution in [2.24, 2.45) is 8.80 Å². The molecule has 7 nitrogen and oxygen atoms in total. The molecular formula is C9H10N4O3S. The molecule has 0 aliphatic carbocycles. The number of nitrogens with one attached hydrogen (secondary N) is 1. The van der Waals surface area contributed by atoms with Crippen LogP contribution in [-0.4, -0.2) is 32.2 Å². The van der Waals surface area contributed by atoms with Crippen molar-refractivity contribution in [1.82, 2.24) is 10.3 Å². The molecule has 1 aromatic heterocycles. The quantitative estimate of drug-likeness (QED) is 0.793. The number of hydrogen-bond donors (Lipinski definition) is 1. The molecule has 17 heavy (non-hydrogen) atoms. The number of hydrogen-bond acceptors (Lipinski definition) is 5. The molecule has 0 unspecified atom stereocenters. The molecule has 0 saturated carbocycles. The summed E-state index contributed by atoms with van der Waals surface area (Å²) in [5, 5.41) is 2.83. The lowest BCUT2D eigenvalue weighted by molar-refractivity contribution is 0.411. The van der Waals surface area contributed by atoms with E-state index in [-0.39, 0.29) is 11.7 Å². The summed E-state index contributed by atoms with van der Waals surface area (Å²) in [7, 11) is -2.45. The highest BCUT2D eigenvalue weighted by molar-refractivity contribution is 7.89. The molecule has 0 atom stereocenters. The summed E-state index contributed by atoms with van der Waals surface area (Å²) < 4.78 is 33.8. The molecule has 1 aliphatic rings. The molecule has 0 bridgehead atoms. The van der Waals surface area contributed by atoms with Crippen LogP contribution in [-0.2, 0) is 21.5 Å². The van der Waals surface area contributed by atoms with E-state index >= 15 is 0 Å². The Hall–Kier alpha value is -1.96. The third-order valence-corrected chi connectivity index (χ3v) is 2.79. The van der Waals surface area contributed by atoms with Crippen LogP contribution in [0, 0.1) is 0 Å². The van der Waals surface area contributed by atoms with Crippen molar-refractivity contribution in [3.63, 3.8) is 0 Å². The molecule has 0 aromatic carbocycles. The first-order valence-electron chi connectivity index (χ1n) is 4.73. The van der Waals surface area contributed by atoms with E-state index in [1.54, 1.807) is 18.5 Å². The van der Waals surface area contributed by atoms with E-state index < -0.39 is 10.2 Å². The van der Waals surface area contributed by atoms with Crippen molar-refractivity contribution in [1.29, 1.82) is 0 Å². The van der Waals surface area contributed by atoms with Gasteiger partial charge in [-0.05, 0) is 11.6 Å². The molecule has 0 spiro atoms. The molecule has 0 saturated heterocycles. The fourth-order valence-corrected chi connectivity index (χ4v) is 2.04. The van der Waals surface area contributed by atoms with Gasteiger partial charge in [-0.3, -0.25) is 4.98 Å². The average Bonchev–Trinajstić information content (AvgIpc) is 2.63. The zero-order valence-electron chi connectivity index (χ0n) is 8.99. The lowest BCUT2D eigenvalue weighted by atomic mass is 10.3. The van der Waals surface area contributed by atoms with E-state index in [0.29, 0.717) is 6.54 Å². The normalized spacial score (nSPS) is 17.2. The zero-order chi connectivity index (χ0) is 12.3. The topological polar surface area (TPSA) is 93.0 Å². The van der Waals surface area contributed by atoms with Crippen LogP contribution in [0.5, 0.6) is 0 Å². The number of aromatic nitrogens is 1. The van der Waals surface area contributed by atoms with Gasteiger partial charge in [-0.2, -0.15) is 8.42 Å². The first-order valence-corrected chi connectivity index (χ1v) is 6.12. The van der Waals surface area contributed by atoms with E-state index in [1.807, 2.05) is 6.07 Å². The number of amidine groups is 1. The van der Waals surface area contributed by atoms with Gasteiger partial charge >= 0.3 is 10.2 Å². The van der Waals surface area contributed by atoms with Gasteiger partial charge in [-0.25, -0.2) is 0 Å². The first-order chi connectivity index (χ1) is 8.11. The molecule has 0 radical (unpaired) electrons. The number of pyridine rings is 1. The van der Waals surface area contributed by atoms with E-state index in [1.165, 1.54) is 7.11 Å². The molecule has 90 valence electrons. The smallest absolute Gasteiger partial charge is 0.368 e. The fourth-order valence-electron chi connectivity index (χ4n) is 1.25. The molecule has 1 N–H and O–H groups in total. The summed E-state index contributed by atoms with van der Waals surface area (Å²) in [6, 6.07) is 3.64. The Kier molecular flexibility index (Phi) is 3.05. The molecule has 1 aromatic rings. The maximum absolute atomic E-state index is 11.1. The Balaban J connectivity index is 2.08. The minimum Gasteiger partial charge on any atom is -0.478 e. The third-order valence-electron chi connectivity index (χ3n) is 1.98. The highest BCUT2D eigenvalue weighted by Crippen LogP contribution is 2.06. The van der Waals surface area contributed by atoms with Crippen LogP contribution in [0.15, 0.2) is 33.3 Å². The van der Waals surface area contributed by atoms with Crippen LogP contribution in [0.2, 0.25) is 0 Å². The fraction of sp³-hybridized carbons (Fsp3) is 0.222. The Morgan fingerprint density at radius 3 is 2.88 bits per heavy atom. The average molecular weight is 254 g/mol. The summed E-state index contributed by atoms with van der Waals surface area (Å²) in [4.78, 5) is 3.94. The van der Waals surface area contributed by atoms with Crippen LogP contribution in [0.25, 0.3) is 0 Å². The molecule has 1 aliphatic heterocycles. The number of nitrogens with zero attached hydrogens (tertiary/aromatic N) is 3. The highest BCUT2D eigenvalue weighted by atomic mass is 32.2. The van der Waals surface area contributed by atoms with Crippen molar-refractivity contribution < 1.29 is 13.2 Å². The van der Waals surface area contributed by atoms with Gasteiger partial charge in [0, 0.05) is 18.9 Å². The molecule has 0 fully saturated rings. The molecule has 2 heterocycles. The van der Waals surface area contributed by atoms with Crippen LogP contribution in [0.4, 0.5) is 0 Å². The lowest BCUT2D eigenvalue weighted by Crippen LogP contribution is -2.29. The van der Waals surface area contributed by atoms with Crippen LogP contribution < -0.4 is 5.32 Å². The van der Waals surface area contributed by atoms with Gasteiger partial charge in [-0.15, -0.1) is 8.80 Å². The van der Waals surface area contributed by atoms with E-state index in [2.05, 4.69) is 19.1 Å². The second-order valence-corrected chi connectivity index (χ2v) is 4.46. The highest BCUT2D eigenvalue weighted by Gasteiger charge is 2.24. The standard InChI is InChI=1S/C9H10N4O3S/c1-16-9-8(12-17(14,15)13-9)11-6-7-3-2-4-10-5-7/h2-5H,6H2,1H3,(H,11,12). The van der Waals surface area contributed by atoms with Crippen molar-refractivity contribution >= 4 is 21.9 Å². The predicted molar refractivity (Wildman–Crippen MR) is 61.9 cm³/mol. The Bertz CT molecular complexity index is 565. The van der Waals surface area contributed by atoms with Crippen LogP contribution >= 0.6 is 0 Å². The van der Waals surface area contributed by atoms with Gasteiger partial charge in [0.2, 0.25) is 5.84 Å². The third kappa shape index (κ3) is 2.78. The van der Waals surface area contributed by atoms with Crippen molar-refractivity contribution in [2.75, 3.05) is 7.11 Å². The SMILES string of the molecule is COC1=NS(=O)(=O)N=C1NCc1cccnc1. The number of rotatable bonds is 2. The second-order valence-electron chi connectivity index (χ2n) is 3.20. The van der Waals surface area contributed by atoms with Gasteiger partial charge in [0.25, 0.3) is 5.90 Å². The van der Waals surface area contributed by atoms with Gasteiger partial charge in [0.1, 0.15) is 0 Å². The molecule has 2 rings (SSSR count). The summed E-state index contributed by atoms with van der Waals surface area (Å²) in [6.07, 6.45) is 3.32. The van der Waals surface area contributed by atoms with Crippen molar-refractivity contribution in [3.05, 3.63) is 30.1 Å². The van der Waals surface area contributed by atoms with E-state index in [9.17, 15) is 8.42 Å². The van der Waals surface area contributed by atoms with Gasteiger partial charge in [0.05, 0.1) is 7.11 Å². The molecular weight excluding hydrogens is 244 g/mol. The van der Waals surface area contributed by atoms with Crippen molar-refractivity contribution in [3.8, 4) is 0 Å². The minimum atomic E-state index is -3.79. The minimum absolute atomic E-state index is 0.0334. The molecule has 0 amide bonds. The summed E-state index contributed by atoms with van der Waals surface area (Å²) >= 11 is 0. The maximum Gasteiger partial charge on any atom is 0.368 e. The Labute approximate surface area is 98.5 Å². The number of methoxy groups -OCH3 is 1. The monoisotopic (exact) mass is 254 g/mol. The Morgan fingerprint density at radius 1 is 1.41 bits per heavy atom. The predicted octanol–water partition coefficient (Wildman–Crippen LogP) is -0.127. The number of ether oxygens (including phenoxy) is 1. The van der Waals surface area contributed by atoms with Gasteiger partial charge in [0.15, 0.2) is 0 Å². The largest absolute Gasteiger partial charge is 0.478 e. The van der Waals surface area contributed by atoms with Gasteiger partial charge < -0.3 is 10.1 Å². The van der Waals surface area contributed by atoms with Crippen molar-refractivity contribution in [2.45, 2.75) is 6.54 Å².